The van der Waals surface area contributed by atoms with Crippen molar-refractivity contribution in [2.45, 2.75) is 212 Å². The first-order valence-electron chi connectivity index (χ1n) is 19.1. The Morgan fingerprint density at radius 3 is 1.39 bits per heavy atom. The lowest BCUT2D eigenvalue weighted by Gasteiger charge is -2.26. The maximum absolute atomic E-state index is 12.3. The summed E-state index contributed by atoms with van der Waals surface area (Å²) in [4.78, 5) is 12.3. The maximum atomic E-state index is 12.3. The third-order valence-corrected chi connectivity index (χ3v) is 8.78. The van der Waals surface area contributed by atoms with E-state index in [0.717, 1.165) is 51.4 Å². The highest BCUT2D eigenvalue weighted by Gasteiger charge is 2.26. The molecule has 3 atom stereocenters. The zero-order valence-electron chi connectivity index (χ0n) is 29.3. The van der Waals surface area contributed by atoms with Crippen LogP contribution in [0.4, 0.5) is 0 Å². The van der Waals surface area contributed by atoms with Gasteiger partial charge < -0.3 is 20.6 Å². The van der Waals surface area contributed by atoms with Crippen LogP contribution in [-0.2, 0) is 4.79 Å². The predicted octanol–water partition coefficient (Wildman–Crippen LogP) is 10.3. The molecular formula is C39H75NO4. The largest absolute Gasteiger partial charge is 0.394 e. The van der Waals surface area contributed by atoms with E-state index in [-0.39, 0.29) is 12.5 Å². The number of amides is 1. The van der Waals surface area contributed by atoms with Gasteiger partial charge in [-0.1, -0.05) is 154 Å². The summed E-state index contributed by atoms with van der Waals surface area (Å²) in [5.74, 6) is -0.170. The summed E-state index contributed by atoms with van der Waals surface area (Å²) in [6.07, 6.45) is 40.0. The second-order valence-electron chi connectivity index (χ2n) is 13.1. The molecule has 0 aliphatic carbocycles. The standard InChI is InChI=1S/C39H75NO4/c1-3-5-7-9-11-13-15-16-17-18-19-20-21-22-23-24-25-27-29-31-33-37(42)39(44)36(35-41)40-38(43)34-32-30-28-26-14-12-10-8-6-4-2/h10,12,25,27,36-37,39,41-42,44H,3-9,11,13-24,26,28-35H2,1-2H3,(H,40,43)/b12-10-,27-25+. The molecule has 0 aromatic heterocycles. The van der Waals surface area contributed by atoms with Crippen molar-refractivity contribution in [3.63, 3.8) is 0 Å². The summed E-state index contributed by atoms with van der Waals surface area (Å²) in [6, 6.07) is -0.827. The molecule has 1 amide bonds. The van der Waals surface area contributed by atoms with Crippen LogP contribution in [0, 0.1) is 0 Å². The number of carbonyl (C=O) groups is 1. The van der Waals surface area contributed by atoms with E-state index in [0.29, 0.717) is 12.8 Å². The molecule has 44 heavy (non-hydrogen) atoms. The van der Waals surface area contributed by atoms with Gasteiger partial charge in [-0.05, 0) is 57.8 Å². The Bertz CT molecular complexity index is 650. The first kappa shape index (κ1) is 42.8. The molecule has 0 aromatic rings. The Balaban J connectivity index is 3.68. The molecule has 0 bridgehead atoms. The minimum atomic E-state index is -1.16. The van der Waals surface area contributed by atoms with Gasteiger partial charge in [-0.15, -0.1) is 0 Å². The Morgan fingerprint density at radius 2 is 0.932 bits per heavy atom. The monoisotopic (exact) mass is 622 g/mol. The van der Waals surface area contributed by atoms with Gasteiger partial charge in [0.2, 0.25) is 5.91 Å². The number of aliphatic hydroxyl groups excluding tert-OH is 3. The fourth-order valence-electron chi connectivity index (χ4n) is 5.73. The average Bonchev–Trinajstić information content (AvgIpc) is 3.03. The summed E-state index contributed by atoms with van der Waals surface area (Å²) in [5.41, 5.74) is 0. The zero-order valence-corrected chi connectivity index (χ0v) is 29.3. The lowest BCUT2D eigenvalue weighted by Crippen LogP contribution is -2.50. The fourth-order valence-corrected chi connectivity index (χ4v) is 5.73. The van der Waals surface area contributed by atoms with Crippen LogP contribution in [0.25, 0.3) is 0 Å². The van der Waals surface area contributed by atoms with E-state index in [9.17, 15) is 20.1 Å². The highest BCUT2D eigenvalue weighted by Crippen LogP contribution is 2.15. The van der Waals surface area contributed by atoms with Crippen molar-refractivity contribution in [1.29, 1.82) is 0 Å². The molecule has 0 rings (SSSR count). The number of hydrogen-bond acceptors (Lipinski definition) is 4. The van der Waals surface area contributed by atoms with Gasteiger partial charge in [-0.2, -0.15) is 0 Å². The number of nitrogens with one attached hydrogen (secondary N) is 1. The van der Waals surface area contributed by atoms with E-state index in [4.69, 9.17) is 0 Å². The van der Waals surface area contributed by atoms with E-state index in [1.165, 1.54) is 116 Å². The lowest BCUT2D eigenvalue weighted by molar-refractivity contribution is -0.124. The SMILES string of the molecule is CCCC/C=C\CCCCCCC(=O)NC(CO)C(O)C(O)CCC/C=C/CCCCCCCCCCCCCCCCC. The number of unbranched alkanes of at least 4 members (excludes halogenated alkanes) is 22. The number of aliphatic hydroxyl groups is 3. The molecule has 0 saturated heterocycles. The van der Waals surface area contributed by atoms with Crippen molar-refractivity contribution >= 4 is 5.91 Å². The zero-order chi connectivity index (χ0) is 32.4. The van der Waals surface area contributed by atoms with Gasteiger partial charge in [0.25, 0.3) is 0 Å². The molecule has 0 fully saturated rings. The molecule has 0 radical (unpaired) electrons. The second-order valence-corrected chi connectivity index (χ2v) is 13.1. The summed E-state index contributed by atoms with van der Waals surface area (Å²) in [7, 11) is 0. The normalized spacial score (nSPS) is 14.0. The fraction of sp³-hybridized carbons (Fsp3) is 0.872. The molecule has 0 heterocycles. The highest BCUT2D eigenvalue weighted by atomic mass is 16.3. The summed E-state index contributed by atoms with van der Waals surface area (Å²) in [5, 5.41) is 33.3. The van der Waals surface area contributed by atoms with Gasteiger partial charge in [-0.25, -0.2) is 0 Å². The van der Waals surface area contributed by atoms with Crippen LogP contribution in [0.5, 0.6) is 0 Å². The minimum absolute atomic E-state index is 0.170. The topological polar surface area (TPSA) is 89.8 Å². The molecule has 3 unspecified atom stereocenters. The van der Waals surface area contributed by atoms with E-state index >= 15 is 0 Å². The van der Waals surface area contributed by atoms with Crippen LogP contribution in [0.3, 0.4) is 0 Å². The first-order valence-corrected chi connectivity index (χ1v) is 19.1. The van der Waals surface area contributed by atoms with Crippen LogP contribution in [-0.4, -0.2) is 46.1 Å². The van der Waals surface area contributed by atoms with Gasteiger partial charge in [-0.3, -0.25) is 4.79 Å². The number of hydrogen-bond donors (Lipinski definition) is 4. The molecule has 5 heteroatoms. The van der Waals surface area contributed by atoms with E-state index < -0.39 is 18.2 Å². The summed E-state index contributed by atoms with van der Waals surface area (Å²) in [6.45, 7) is 4.10. The Labute approximate surface area is 273 Å². The highest BCUT2D eigenvalue weighted by molar-refractivity contribution is 5.76. The Morgan fingerprint density at radius 1 is 0.545 bits per heavy atom. The lowest BCUT2D eigenvalue weighted by atomic mass is 10.0. The molecule has 260 valence electrons. The molecule has 0 aliphatic heterocycles. The molecule has 0 spiro atoms. The summed E-state index contributed by atoms with van der Waals surface area (Å²) >= 11 is 0. The smallest absolute Gasteiger partial charge is 0.220 e. The number of allylic oxidation sites excluding steroid dienone is 4. The Hall–Kier alpha value is -1.17. The first-order chi connectivity index (χ1) is 21.6. The van der Waals surface area contributed by atoms with Crippen molar-refractivity contribution in [3.05, 3.63) is 24.3 Å². The van der Waals surface area contributed by atoms with Gasteiger partial charge in [0.05, 0.1) is 18.8 Å². The van der Waals surface area contributed by atoms with Gasteiger partial charge >= 0.3 is 0 Å². The molecule has 0 aliphatic rings. The van der Waals surface area contributed by atoms with Crippen LogP contribution >= 0.6 is 0 Å². The predicted molar refractivity (Wildman–Crippen MR) is 190 cm³/mol. The molecular weight excluding hydrogens is 546 g/mol. The average molecular weight is 622 g/mol. The van der Waals surface area contributed by atoms with E-state index in [1.807, 2.05) is 0 Å². The van der Waals surface area contributed by atoms with Crippen molar-refractivity contribution in [3.8, 4) is 0 Å². The Kier molecular flexibility index (Phi) is 33.8. The number of carbonyl (C=O) groups excluding carboxylic acids is 1. The summed E-state index contributed by atoms with van der Waals surface area (Å²) < 4.78 is 0. The van der Waals surface area contributed by atoms with Gasteiger partial charge in [0.1, 0.15) is 6.10 Å². The van der Waals surface area contributed by atoms with Crippen molar-refractivity contribution < 1.29 is 20.1 Å². The van der Waals surface area contributed by atoms with Crippen molar-refractivity contribution in [2.75, 3.05) is 6.61 Å². The maximum Gasteiger partial charge on any atom is 0.220 e. The van der Waals surface area contributed by atoms with Gasteiger partial charge in [0.15, 0.2) is 0 Å². The van der Waals surface area contributed by atoms with E-state index in [2.05, 4.69) is 43.5 Å². The van der Waals surface area contributed by atoms with Crippen molar-refractivity contribution in [1.82, 2.24) is 5.32 Å². The molecule has 4 N–H and O–H groups in total. The van der Waals surface area contributed by atoms with Crippen LogP contribution in [0.2, 0.25) is 0 Å². The quantitative estimate of drug-likeness (QED) is 0.0425. The number of rotatable bonds is 34. The van der Waals surface area contributed by atoms with Crippen LogP contribution in [0.15, 0.2) is 24.3 Å². The van der Waals surface area contributed by atoms with Gasteiger partial charge in [0, 0.05) is 6.42 Å². The van der Waals surface area contributed by atoms with Crippen LogP contribution < -0.4 is 5.32 Å². The second kappa shape index (κ2) is 34.7. The third kappa shape index (κ3) is 29.5. The van der Waals surface area contributed by atoms with Crippen LogP contribution in [0.1, 0.15) is 194 Å². The molecule has 0 aromatic carbocycles. The van der Waals surface area contributed by atoms with E-state index in [1.54, 1.807) is 0 Å². The third-order valence-electron chi connectivity index (χ3n) is 8.78. The minimum Gasteiger partial charge on any atom is -0.394 e. The molecule has 5 nitrogen and oxygen atoms in total. The molecule has 0 saturated carbocycles. The van der Waals surface area contributed by atoms with Crippen molar-refractivity contribution in [2.24, 2.45) is 0 Å².